The van der Waals surface area contributed by atoms with Crippen molar-refractivity contribution in [3.63, 3.8) is 0 Å². The molecular formula is C23H22N2O4S. The van der Waals surface area contributed by atoms with E-state index in [-0.39, 0.29) is 11.6 Å². The Morgan fingerprint density at radius 3 is 2.57 bits per heavy atom. The van der Waals surface area contributed by atoms with Crippen molar-refractivity contribution in [2.75, 3.05) is 11.9 Å². The minimum Gasteiger partial charge on any atom is -0.494 e. The molecule has 0 saturated carbocycles. The van der Waals surface area contributed by atoms with Crippen molar-refractivity contribution in [1.29, 1.82) is 0 Å². The minimum absolute atomic E-state index is 0.0671. The lowest BCUT2D eigenvalue weighted by Gasteiger charge is -2.13. The molecule has 3 aromatic carbocycles. The van der Waals surface area contributed by atoms with Gasteiger partial charge in [0.1, 0.15) is 5.75 Å². The number of nitrogens with one attached hydrogen (secondary N) is 1. The second kappa shape index (κ2) is 9.93. The molecule has 0 saturated heterocycles. The number of nitrogens with zero attached hydrogens (tertiary/aromatic N) is 1. The Bertz CT molecular complexity index is 1050. The summed E-state index contributed by atoms with van der Waals surface area (Å²) in [5, 5.41) is 13.8. The molecule has 0 spiro atoms. The van der Waals surface area contributed by atoms with Gasteiger partial charge in [0.05, 0.1) is 17.2 Å². The molecule has 3 aromatic rings. The smallest absolute Gasteiger partial charge is 0.271 e. The molecule has 0 unspecified atom stereocenters. The van der Waals surface area contributed by atoms with Crippen LogP contribution in [0.3, 0.4) is 0 Å². The number of benzene rings is 3. The molecule has 0 radical (unpaired) electrons. The van der Waals surface area contributed by atoms with Crippen molar-refractivity contribution in [1.82, 2.24) is 0 Å². The van der Waals surface area contributed by atoms with E-state index in [1.54, 1.807) is 36.9 Å². The lowest BCUT2D eigenvalue weighted by atomic mass is 10.1. The average Bonchev–Trinajstić information content (AvgIpc) is 2.75. The van der Waals surface area contributed by atoms with E-state index in [0.717, 1.165) is 21.8 Å². The van der Waals surface area contributed by atoms with E-state index in [1.807, 2.05) is 43.3 Å². The first-order chi connectivity index (χ1) is 14.5. The summed E-state index contributed by atoms with van der Waals surface area (Å²) in [5.41, 5.74) is 2.48. The summed E-state index contributed by atoms with van der Waals surface area (Å²) in [7, 11) is 0. The van der Waals surface area contributed by atoms with Crippen molar-refractivity contribution in [2.45, 2.75) is 24.5 Å². The van der Waals surface area contributed by atoms with Crippen molar-refractivity contribution in [3.05, 3.63) is 93.5 Å². The van der Waals surface area contributed by atoms with E-state index in [1.165, 1.54) is 12.1 Å². The zero-order valence-electron chi connectivity index (χ0n) is 16.8. The third kappa shape index (κ3) is 5.39. The van der Waals surface area contributed by atoms with E-state index >= 15 is 0 Å². The molecule has 7 heteroatoms. The van der Waals surface area contributed by atoms with Crippen LogP contribution in [0, 0.1) is 17.0 Å². The van der Waals surface area contributed by atoms with Crippen molar-refractivity contribution >= 4 is 29.0 Å². The molecule has 0 aliphatic rings. The highest BCUT2D eigenvalue weighted by atomic mass is 32.2. The molecule has 0 heterocycles. The third-order valence-corrected chi connectivity index (χ3v) is 5.50. The van der Waals surface area contributed by atoms with Crippen LogP contribution in [-0.2, 0) is 5.75 Å². The molecule has 6 nitrogen and oxygen atoms in total. The largest absolute Gasteiger partial charge is 0.494 e. The molecule has 0 aliphatic carbocycles. The summed E-state index contributed by atoms with van der Waals surface area (Å²) >= 11 is 1.66. The zero-order chi connectivity index (χ0) is 21.5. The highest BCUT2D eigenvalue weighted by Gasteiger charge is 2.14. The Labute approximate surface area is 179 Å². The predicted molar refractivity (Wildman–Crippen MR) is 119 cm³/mol. The SMILES string of the molecule is CCOc1ccc(C(=O)Nc2cc([N+](=O)[O-])ccc2C)cc1CSc1ccccc1. The van der Waals surface area contributed by atoms with Crippen LogP contribution in [0.5, 0.6) is 5.75 Å². The molecule has 30 heavy (non-hydrogen) atoms. The number of non-ortho nitro benzene ring substituents is 1. The Balaban J connectivity index is 1.82. The number of hydrogen-bond acceptors (Lipinski definition) is 5. The summed E-state index contributed by atoms with van der Waals surface area (Å²) in [6.07, 6.45) is 0. The summed E-state index contributed by atoms with van der Waals surface area (Å²) in [6, 6.07) is 19.7. The number of ether oxygens (including phenoxy) is 1. The number of amides is 1. The molecule has 0 bridgehead atoms. The highest BCUT2D eigenvalue weighted by molar-refractivity contribution is 7.98. The molecule has 154 valence electrons. The zero-order valence-corrected chi connectivity index (χ0v) is 17.6. The average molecular weight is 423 g/mol. The van der Waals surface area contributed by atoms with E-state index in [9.17, 15) is 14.9 Å². The Hall–Kier alpha value is -3.32. The molecule has 1 amide bonds. The lowest BCUT2D eigenvalue weighted by molar-refractivity contribution is -0.384. The van der Waals surface area contributed by atoms with Crippen LogP contribution in [-0.4, -0.2) is 17.4 Å². The van der Waals surface area contributed by atoms with Gasteiger partial charge in [0.2, 0.25) is 0 Å². The first-order valence-electron chi connectivity index (χ1n) is 9.48. The van der Waals surface area contributed by atoms with Gasteiger partial charge in [-0.05, 0) is 49.7 Å². The first kappa shape index (κ1) is 21.4. The number of rotatable bonds is 8. The summed E-state index contributed by atoms with van der Waals surface area (Å²) in [5.74, 6) is 1.06. The van der Waals surface area contributed by atoms with Gasteiger partial charge in [-0.25, -0.2) is 0 Å². The molecule has 0 atom stereocenters. The van der Waals surface area contributed by atoms with E-state index < -0.39 is 4.92 Å². The van der Waals surface area contributed by atoms with Gasteiger partial charge < -0.3 is 10.1 Å². The van der Waals surface area contributed by atoms with E-state index in [0.29, 0.717) is 23.6 Å². The van der Waals surface area contributed by atoms with Gasteiger partial charge in [-0.2, -0.15) is 0 Å². The van der Waals surface area contributed by atoms with Crippen LogP contribution in [0.4, 0.5) is 11.4 Å². The Kier molecular flexibility index (Phi) is 7.08. The highest BCUT2D eigenvalue weighted by Crippen LogP contribution is 2.29. The molecule has 0 aromatic heterocycles. The van der Waals surface area contributed by atoms with E-state index in [4.69, 9.17) is 4.74 Å². The fourth-order valence-corrected chi connectivity index (χ4v) is 3.76. The van der Waals surface area contributed by atoms with Gasteiger partial charge >= 0.3 is 0 Å². The van der Waals surface area contributed by atoms with Gasteiger partial charge in [0.15, 0.2) is 0 Å². The molecule has 0 fully saturated rings. The maximum atomic E-state index is 12.8. The fourth-order valence-electron chi connectivity index (χ4n) is 2.86. The van der Waals surface area contributed by atoms with Crippen molar-refractivity contribution in [2.24, 2.45) is 0 Å². The summed E-state index contributed by atoms with van der Waals surface area (Å²) in [6.45, 7) is 4.24. The predicted octanol–water partition coefficient (Wildman–Crippen LogP) is 5.85. The number of anilines is 1. The maximum absolute atomic E-state index is 12.8. The molecule has 3 rings (SSSR count). The number of aryl methyl sites for hydroxylation is 1. The number of carbonyl (C=O) groups is 1. The number of nitro groups is 1. The van der Waals surface area contributed by atoms with Crippen LogP contribution >= 0.6 is 11.8 Å². The Morgan fingerprint density at radius 2 is 1.87 bits per heavy atom. The van der Waals surface area contributed by atoms with Gasteiger partial charge in [-0.1, -0.05) is 24.3 Å². The molecule has 0 aliphatic heterocycles. The van der Waals surface area contributed by atoms with Crippen LogP contribution in [0.2, 0.25) is 0 Å². The van der Waals surface area contributed by atoms with Gasteiger partial charge in [-0.15, -0.1) is 11.8 Å². The Morgan fingerprint density at radius 1 is 1.10 bits per heavy atom. The number of hydrogen-bond donors (Lipinski definition) is 1. The van der Waals surface area contributed by atoms with Crippen LogP contribution in [0.15, 0.2) is 71.6 Å². The maximum Gasteiger partial charge on any atom is 0.271 e. The van der Waals surface area contributed by atoms with Crippen LogP contribution < -0.4 is 10.1 Å². The molecular weight excluding hydrogens is 400 g/mol. The number of carbonyl (C=O) groups excluding carboxylic acids is 1. The van der Waals surface area contributed by atoms with Crippen LogP contribution in [0.1, 0.15) is 28.4 Å². The van der Waals surface area contributed by atoms with E-state index in [2.05, 4.69) is 5.32 Å². The number of nitro benzene ring substituents is 1. The summed E-state index contributed by atoms with van der Waals surface area (Å²) in [4.78, 5) is 24.5. The normalized spacial score (nSPS) is 10.5. The van der Waals surface area contributed by atoms with Gasteiger partial charge in [-0.3, -0.25) is 14.9 Å². The van der Waals surface area contributed by atoms with Crippen LogP contribution in [0.25, 0.3) is 0 Å². The van der Waals surface area contributed by atoms with Crippen molar-refractivity contribution in [3.8, 4) is 5.75 Å². The van der Waals surface area contributed by atoms with Gasteiger partial charge in [0, 0.05) is 33.9 Å². The monoisotopic (exact) mass is 422 g/mol. The summed E-state index contributed by atoms with van der Waals surface area (Å²) < 4.78 is 5.72. The second-order valence-corrected chi connectivity index (χ2v) is 7.62. The topological polar surface area (TPSA) is 81.5 Å². The third-order valence-electron chi connectivity index (χ3n) is 4.44. The second-order valence-electron chi connectivity index (χ2n) is 6.57. The standard InChI is InChI=1S/C23H22N2O4S/c1-3-29-22-12-10-17(13-18(22)15-30-20-7-5-4-6-8-20)23(26)24-21-14-19(25(27)28)11-9-16(21)2/h4-14H,3,15H2,1-2H3,(H,24,26). The minimum atomic E-state index is -0.481. The number of thioether (sulfide) groups is 1. The quantitative estimate of drug-likeness (QED) is 0.280. The lowest BCUT2D eigenvalue weighted by Crippen LogP contribution is -2.13. The first-order valence-corrected chi connectivity index (χ1v) is 10.5. The molecule has 1 N–H and O–H groups in total. The van der Waals surface area contributed by atoms with Crippen molar-refractivity contribution < 1.29 is 14.5 Å². The fraction of sp³-hybridized carbons (Fsp3) is 0.174. The van der Waals surface area contributed by atoms with Gasteiger partial charge in [0.25, 0.3) is 11.6 Å².